The van der Waals surface area contributed by atoms with Crippen LogP contribution in [0.1, 0.15) is 15.4 Å². The number of thiophene rings is 1. The average Bonchev–Trinajstić information content (AvgIpc) is 3.07. The van der Waals surface area contributed by atoms with E-state index in [0.717, 1.165) is 21.9 Å². The Morgan fingerprint density at radius 1 is 1.20 bits per heavy atom. The predicted octanol–water partition coefficient (Wildman–Crippen LogP) is 2.26. The summed E-state index contributed by atoms with van der Waals surface area (Å²) in [5.41, 5.74) is 5.13. The SMILES string of the molecule is Cc1ccc(-c2cnc(N)c(C(=O)Nc3ccc(S(=O)(=O)CP(=O)(O)O)cc3)n2)s1. The Kier molecular flexibility index (Phi) is 6.06. The van der Waals surface area contributed by atoms with Gasteiger partial charge in [0.1, 0.15) is 0 Å². The maximum Gasteiger partial charge on any atom is 0.340 e. The van der Waals surface area contributed by atoms with E-state index in [1.807, 2.05) is 19.1 Å². The Labute approximate surface area is 175 Å². The lowest BCUT2D eigenvalue weighted by Gasteiger charge is -2.09. The Hall–Kier alpha value is -2.63. The van der Waals surface area contributed by atoms with Gasteiger partial charge in [-0.05, 0) is 43.3 Å². The highest BCUT2D eigenvalue weighted by molar-refractivity contribution is 7.97. The summed E-state index contributed by atoms with van der Waals surface area (Å²) >= 11 is 1.49. The van der Waals surface area contributed by atoms with E-state index in [1.165, 1.54) is 29.7 Å². The fourth-order valence-electron chi connectivity index (χ4n) is 2.49. The van der Waals surface area contributed by atoms with Crippen molar-refractivity contribution in [3.05, 3.63) is 53.2 Å². The van der Waals surface area contributed by atoms with Crippen LogP contribution in [0.15, 0.2) is 47.5 Å². The molecule has 0 aliphatic rings. The molecule has 0 fully saturated rings. The van der Waals surface area contributed by atoms with Crippen LogP contribution >= 0.6 is 18.9 Å². The average molecular weight is 468 g/mol. The van der Waals surface area contributed by atoms with Crippen molar-refractivity contribution in [1.82, 2.24) is 9.97 Å². The molecule has 1 amide bonds. The number of hydrogen-bond donors (Lipinski definition) is 4. The summed E-state index contributed by atoms with van der Waals surface area (Å²) < 4.78 is 35.0. The Morgan fingerprint density at radius 2 is 1.87 bits per heavy atom. The molecule has 0 saturated heterocycles. The van der Waals surface area contributed by atoms with Crippen LogP contribution in [0.25, 0.3) is 10.6 Å². The third kappa shape index (κ3) is 5.29. The molecule has 3 rings (SSSR count). The lowest BCUT2D eigenvalue weighted by molar-refractivity contribution is 0.102. The molecule has 0 aliphatic carbocycles. The second-order valence-corrected chi connectivity index (χ2v) is 11.6. The van der Waals surface area contributed by atoms with Crippen molar-refractivity contribution < 1.29 is 27.6 Å². The summed E-state index contributed by atoms with van der Waals surface area (Å²) in [6.07, 6.45) is 1.47. The number of nitrogens with two attached hydrogens (primary N) is 1. The molecule has 0 bridgehead atoms. The molecule has 2 aromatic heterocycles. The van der Waals surface area contributed by atoms with E-state index in [2.05, 4.69) is 15.3 Å². The molecule has 1 aromatic carbocycles. The van der Waals surface area contributed by atoms with Crippen molar-refractivity contribution in [2.75, 3.05) is 16.5 Å². The second kappa shape index (κ2) is 8.25. The predicted molar refractivity (Wildman–Crippen MR) is 113 cm³/mol. The van der Waals surface area contributed by atoms with Gasteiger partial charge in [-0.1, -0.05) is 0 Å². The molecular weight excluding hydrogens is 451 g/mol. The second-order valence-electron chi connectivity index (χ2n) is 6.29. The number of hydrogen-bond acceptors (Lipinski definition) is 8. The molecule has 13 heteroatoms. The number of carbonyl (C=O) groups excluding carboxylic acids is 1. The Morgan fingerprint density at radius 3 is 2.43 bits per heavy atom. The number of nitrogens with one attached hydrogen (secondary N) is 1. The summed E-state index contributed by atoms with van der Waals surface area (Å²) in [6, 6.07) is 8.64. The summed E-state index contributed by atoms with van der Waals surface area (Å²) in [6.45, 7) is 1.94. The van der Waals surface area contributed by atoms with Gasteiger partial charge in [-0.2, -0.15) is 0 Å². The number of anilines is 2. The van der Waals surface area contributed by atoms with Gasteiger partial charge in [-0.15, -0.1) is 11.3 Å². The fraction of sp³-hybridized carbons (Fsp3) is 0.118. The van der Waals surface area contributed by atoms with Gasteiger partial charge in [0.25, 0.3) is 5.91 Å². The molecule has 0 aliphatic heterocycles. The van der Waals surface area contributed by atoms with Gasteiger partial charge in [0.2, 0.25) is 0 Å². The van der Waals surface area contributed by atoms with Gasteiger partial charge in [0.15, 0.2) is 26.8 Å². The van der Waals surface area contributed by atoms with Crippen LogP contribution in [0.4, 0.5) is 11.5 Å². The van der Waals surface area contributed by atoms with E-state index < -0.39 is 28.8 Å². The molecule has 30 heavy (non-hydrogen) atoms. The summed E-state index contributed by atoms with van der Waals surface area (Å²) in [5.74, 6) is -0.702. The first-order valence-corrected chi connectivity index (χ1v) is 12.6. The summed E-state index contributed by atoms with van der Waals surface area (Å²) in [7, 11) is -8.92. The van der Waals surface area contributed by atoms with Gasteiger partial charge < -0.3 is 20.8 Å². The van der Waals surface area contributed by atoms with E-state index in [-0.39, 0.29) is 22.1 Å². The standard InChI is InChI=1S/C17H17N4O6PS2/c1-10-2-7-14(29-10)13-8-19-16(18)15(21-13)17(22)20-11-3-5-12(6-4-11)30(26,27)9-28(23,24)25/h2-8H,9H2,1H3,(H2,18,19)(H,20,22)(H2,23,24,25). The van der Waals surface area contributed by atoms with Gasteiger partial charge in [0, 0.05) is 10.6 Å². The third-order valence-corrected chi connectivity index (χ3v) is 8.54. The monoisotopic (exact) mass is 468 g/mol. The maximum absolute atomic E-state index is 12.6. The molecule has 3 aromatic rings. The number of carbonyl (C=O) groups is 1. The number of aromatic nitrogens is 2. The molecule has 0 saturated carbocycles. The highest BCUT2D eigenvalue weighted by atomic mass is 32.2. The van der Waals surface area contributed by atoms with E-state index in [9.17, 15) is 17.8 Å². The molecule has 5 N–H and O–H groups in total. The molecule has 0 unspecified atom stereocenters. The Bertz CT molecular complexity index is 1250. The van der Waals surface area contributed by atoms with E-state index in [0.29, 0.717) is 5.69 Å². The van der Waals surface area contributed by atoms with Gasteiger partial charge >= 0.3 is 7.60 Å². The van der Waals surface area contributed by atoms with Crippen LogP contribution < -0.4 is 11.1 Å². The van der Waals surface area contributed by atoms with E-state index in [1.54, 1.807) is 0 Å². The zero-order valence-electron chi connectivity index (χ0n) is 15.5. The fourth-order valence-corrected chi connectivity index (χ4v) is 6.23. The Balaban J connectivity index is 1.80. The minimum atomic E-state index is -4.75. The number of benzene rings is 1. The molecule has 0 radical (unpaired) electrons. The molecular formula is C17H17N4O6PS2. The molecule has 2 heterocycles. The number of sulfone groups is 1. The zero-order valence-corrected chi connectivity index (χ0v) is 18.0. The number of aryl methyl sites for hydroxylation is 1. The minimum absolute atomic E-state index is 0.0645. The largest absolute Gasteiger partial charge is 0.382 e. The lowest BCUT2D eigenvalue weighted by Crippen LogP contribution is -2.17. The highest BCUT2D eigenvalue weighted by Gasteiger charge is 2.26. The van der Waals surface area contributed by atoms with Gasteiger partial charge in [-0.25, -0.2) is 18.4 Å². The number of rotatable bonds is 6. The zero-order chi connectivity index (χ0) is 22.1. The first kappa shape index (κ1) is 22.1. The third-order valence-electron chi connectivity index (χ3n) is 3.82. The number of nitrogen functional groups attached to an aromatic ring is 1. The molecule has 158 valence electrons. The first-order chi connectivity index (χ1) is 13.9. The maximum atomic E-state index is 12.6. The van der Waals surface area contributed by atoms with Crippen LogP contribution in [0.3, 0.4) is 0 Å². The van der Waals surface area contributed by atoms with E-state index in [4.69, 9.17) is 15.5 Å². The van der Waals surface area contributed by atoms with Crippen molar-refractivity contribution in [1.29, 1.82) is 0 Å². The first-order valence-electron chi connectivity index (χ1n) is 8.33. The van der Waals surface area contributed by atoms with Crippen LogP contribution in [0.2, 0.25) is 0 Å². The topological polar surface area (TPSA) is 173 Å². The van der Waals surface area contributed by atoms with Crippen LogP contribution in [0.5, 0.6) is 0 Å². The van der Waals surface area contributed by atoms with Crippen molar-refractivity contribution in [2.45, 2.75) is 11.8 Å². The molecule has 0 atom stereocenters. The molecule has 0 spiro atoms. The number of amides is 1. The van der Waals surface area contributed by atoms with Crippen LogP contribution in [-0.4, -0.2) is 39.6 Å². The van der Waals surface area contributed by atoms with Crippen molar-refractivity contribution >= 4 is 46.2 Å². The van der Waals surface area contributed by atoms with Crippen molar-refractivity contribution in [2.24, 2.45) is 0 Å². The van der Waals surface area contributed by atoms with Crippen LogP contribution in [0, 0.1) is 6.92 Å². The van der Waals surface area contributed by atoms with Crippen molar-refractivity contribution in [3.63, 3.8) is 0 Å². The summed E-state index contributed by atoms with van der Waals surface area (Å²) in [5, 5.41) is 2.54. The minimum Gasteiger partial charge on any atom is -0.382 e. The quantitative estimate of drug-likeness (QED) is 0.396. The smallest absolute Gasteiger partial charge is 0.340 e. The van der Waals surface area contributed by atoms with E-state index >= 15 is 0 Å². The van der Waals surface area contributed by atoms with Crippen molar-refractivity contribution in [3.8, 4) is 10.6 Å². The number of nitrogens with zero attached hydrogens (tertiary/aromatic N) is 2. The summed E-state index contributed by atoms with van der Waals surface area (Å²) in [4.78, 5) is 40.3. The van der Waals surface area contributed by atoms with Gasteiger partial charge in [0.05, 0.1) is 21.7 Å². The van der Waals surface area contributed by atoms with Crippen LogP contribution in [-0.2, 0) is 14.4 Å². The normalized spacial score (nSPS) is 12.0. The van der Waals surface area contributed by atoms with Gasteiger partial charge in [-0.3, -0.25) is 9.36 Å². The lowest BCUT2D eigenvalue weighted by atomic mass is 10.3. The molecule has 10 nitrogen and oxygen atoms in total. The highest BCUT2D eigenvalue weighted by Crippen LogP contribution is 2.38.